The van der Waals surface area contributed by atoms with Gasteiger partial charge in [-0.05, 0) is 68.2 Å². The minimum absolute atomic E-state index is 0.0773. The first-order chi connectivity index (χ1) is 18.3. The van der Waals surface area contributed by atoms with E-state index in [0.29, 0.717) is 34.6 Å². The number of hydrogen-bond donors (Lipinski definition) is 2. The van der Waals surface area contributed by atoms with Crippen LogP contribution in [0.2, 0.25) is 5.02 Å². The number of aromatic nitrogens is 2. The molecule has 3 aliphatic rings. The largest absolute Gasteiger partial charge is 0.478 e. The third-order valence-corrected chi connectivity index (χ3v) is 8.15. The number of fused-ring (bicyclic) bond motifs is 1. The molecule has 1 aliphatic carbocycles. The van der Waals surface area contributed by atoms with Crippen molar-refractivity contribution >= 4 is 40.7 Å². The van der Waals surface area contributed by atoms with Gasteiger partial charge in [-0.15, -0.1) is 0 Å². The van der Waals surface area contributed by atoms with Crippen LogP contribution in [0.3, 0.4) is 0 Å². The Balaban J connectivity index is 1.25. The van der Waals surface area contributed by atoms with Gasteiger partial charge < -0.3 is 15.3 Å². The van der Waals surface area contributed by atoms with Crippen LogP contribution in [-0.2, 0) is 0 Å². The van der Waals surface area contributed by atoms with Crippen molar-refractivity contribution in [2.45, 2.75) is 58.3 Å². The maximum atomic E-state index is 15.2. The van der Waals surface area contributed by atoms with Gasteiger partial charge in [0.15, 0.2) is 0 Å². The summed E-state index contributed by atoms with van der Waals surface area (Å²) in [5.41, 5.74) is 2.99. The number of nitrogens with one attached hydrogen (secondary N) is 1. The van der Waals surface area contributed by atoms with Gasteiger partial charge in [-0.1, -0.05) is 31.0 Å². The number of amidine groups is 1. The number of aromatic carboxylic acids is 1. The van der Waals surface area contributed by atoms with E-state index in [0.717, 1.165) is 51.6 Å². The molecule has 2 unspecified atom stereocenters. The predicted molar refractivity (Wildman–Crippen MR) is 149 cm³/mol. The first-order valence-electron chi connectivity index (χ1n) is 13.3. The molecule has 3 heterocycles. The summed E-state index contributed by atoms with van der Waals surface area (Å²) in [5.74, 6) is 1.09. The van der Waals surface area contributed by atoms with E-state index < -0.39 is 5.97 Å². The highest BCUT2D eigenvalue weighted by atomic mass is 35.5. The molecule has 5 rings (SSSR count). The summed E-state index contributed by atoms with van der Waals surface area (Å²) < 4.78 is 15.2. The fourth-order valence-corrected chi connectivity index (χ4v) is 5.97. The lowest BCUT2D eigenvalue weighted by molar-refractivity contribution is 0.0697. The number of aliphatic imine (C=N–C) groups is 1. The zero-order valence-corrected chi connectivity index (χ0v) is 22.5. The molecule has 9 heteroatoms. The molecule has 0 saturated carbocycles. The monoisotopic (exact) mass is 537 g/mol. The highest BCUT2D eigenvalue weighted by Crippen LogP contribution is 2.44. The van der Waals surface area contributed by atoms with Crippen LogP contribution in [0, 0.1) is 11.8 Å². The normalized spacial score (nSPS) is 21.8. The fraction of sp³-hybridized carbons (Fsp3) is 0.448. The quantitative estimate of drug-likeness (QED) is 0.405. The zero-order chi connectivity index (χ0) is 26.8. The lowest BCUT2D eigenvalue weighted by Crippen LogP contribution is -2.39. The highest BCUT2D eigenvalue weighted by molar-refractivity contribution is 6.33. The molecule has 0 bridgehead atoms. The number of rotatable bonds is 6. The number of piperidine rings is 1. The average molecular weight is 538 g/mol. The predicted octanol–water partition coefficient (Wildman–Crippen LogP) is 7.20. The molecule has 200 valence electrons. The summed E-state index contributed by atoms with van der Waals surface area (Å²) in [4.78, 5) is 27.2. The van der Waals surface area contributed by atoms with E-state index in [1.165, 1.54) is 29.9 Å². The van der Waals surface area contributed by atoms with Gasteiger partial charge in [0.05, 0.1) is 27.5 Å². The van der Waals surface area contributed by atoms with Crippen LogP contribution >= 0.6 is 11.6 Å². The molecule has 38 heavy (non-hydrogen) atoms. The summed E-state index contributed by atoms with van der Waals surface area (Å²) in [5, 5.41) is 12.5. The minimum Gasteiger partial charge on any atom is -0.478 e. The standard InChI is InChI=1S/C29H33ClFN5O2/c1-3-18-10-17(2)11-25(32-15-18)36-8-6-19(7-9-36)12-21-14-23(31)26-27(21)33-16-34-28(26)35-24-5-4-20(29(37)38)13-22(24)30/h4-5,13-17,19,21H,3,6-12H2,1-2H3,(H,37,38)(H,33,34,35). The van der Waals surface area contributed by atoms with Crippen molar-refractivity contribution in [2.75, 3.05) is 18.4 Å². The van der Waals surface area contributed by atoms with Gasteiger partial charge in [-0.25, -0.2) is 24.1 Å². The number of halogens is 2. The Morgan fingerprint density at radius 3 is 2.74 bits per heavy atom. The maximum absolute atomic E-state index is 15.2. The molecule has 0 spiro atoms. The van der Waals surface area contributed by atoms with Crippen molar-refractivity contribution in [3.63, 3.8) is 0 Å². The highest BCUT2D eigenvalue weighted by Gasteiger charge is 2.32. The maximum Gasteiger partial charge on any atom is 0.335 e. The molecule has 2 N–H and O–H groups in total. The third-order valence-electron chi connectivity index (χ3n) is 7.84. The van der Waals surface area contributed by atoms with E-state index in [-0.39, 0.29) is 22.3 Å². The lowest BCUT2D eigenvalue weighted by atomic mass is 9.86. The second kappa shape index (κ2) is 11.2. The van der Waals surface area contributed by atoms with Crippen molar-refractivity contribution < 1.29 is 14.3 Å². The molecule has 2 aliphatic heterocycles. The summed E-state index contributed by atoms with van der Waals surface area (Å²) >= 11 is 6.27. The van der Waals surface area contributed by atoms with E-state index >= 15 is 4.39 Å². The SMILES string of the molecule is CCC1=CN=C(N2CCC(CC3C=C(F)c4c(Nc5ccc(C(=O)O)cc5Cl)ncnc43)CC2)CC(C)C1. The molecule has 1 fully saturated rings. The van der Waals surface area contributed by atoms with Crippen molar-refractivity contribution in [2.24, 2.45) is 16.8 Å². The van der Waals surface area contributed by atoms with Crippen LogP contribution in [0.15, 0.2) is 47.4 Å². The number of carboxylic acids is 1. The number of anilines is 2. The van der Waals surface area contributed by atoms with Crippen molar-refractivity contribution in [1.82, 2.24) is 14.9 Å². The van der Waals surface area contributed by atoms with Crippen molar-refractivity contribution in [1.29, 1.82) is 0 Å². The van der Waals surface area contributed by atoms with Crippen LogP contribution in [0.4, 0.5) is 15.9 Å². The third kappa shape index (κ3) is 5.60. The van der Waals surface area contributed by atoms with Crippen LogP contribution in [0.1, 0.15) is 79.9 Å². The van der Waals surface area contributed by atoms with Crippen molar-refractivity contribution in [3.8, 4) is 0 Å². The Labute approximate surface area is 227 Å². The van der Waals surface area contributed by atoms with Gasteiger partial charge in [-0.3, -0.25) is 0 Å². The van der Waals surface area contributed by atoms with Gasteiger partial charge in [0.25, 0.3) is 0 Å². The number of likely N-dealkylation sites (tertiary alicyclic amines) is 1. The minimum atomic E-state index is -1.07. The number of carboxylic acid groups (broad SMARTS) is 1. The average Bonchev–Trinajstić information content (AvgIpc) is 3.09. The fourth-order valence-electron chi connectivity index (χ4n) is 5.74. The Kier molecular flexibility index (Phi) is 7.79. The van der Waals surface area contributed by atoms with Gasteiger partial charge in [0.2, 0.25) is 0 Å². The van der Waals surface area contributed by atoms with Crippen LogP contribution in [0.25, 0.3) is 5.83 Å². The van der Waals surface area contributed by atoms with Crippen LogP contribution < -0.4 is 5.32 Å². The summed E-state index contributed by atoms with van der Waals surface area (Å²) in [7, 11) is 0. The first kappa shape index (κ1) is 26.4. The Morgan fingerprint density at radius 1 is 1.24 bits per heavy atom. The second-order valence-electron chi connectivity index (χ2n) is 10.6. The van der Waals surface area contributed by atoms with Gasteiger partial charge in [0, 0.05) is 31.6 Å². The lowest BCUT2D eigenvalue weighted by Gasteiger charge is -2.35. The number of benzene rings is 1. The Bertz CT molecular complexity index is 1320. The molecule has 1 saturated heterocycles. The molecule has 2 aromatic rings. The molecule has 0 radical (unpaired) electrons. The second-order valence-corrected chi connectivity index (χ2v) is 11.0. The van der Waals surface area contributed by atoms with E-state index in [1.54, 1.807) is 12.1 Å². The molecular formula is C29H33ClFN5O2. The van der Waals surface area contributed by atoms with Crippen LogP contribution in [0.5, 0.6) is 0 Å². The number of nitrogens with zero attached hydrogens (tertiary/aromatic N) is 4. The van der Waals surface area contributed by atoms with E-state index in [4.69, 9.17) is 21.7 Å². The summed E-state index contributed by atoms with van der Waals surface area (Å²) in [6.07, 6.45) is 11.3. The molecule has 1 aromatic carbocycles. The number of carbonyl (C=O) groups is 1. The molecule has 1 aromatic heterocycles. The van der Waals surface area contributed by atoms with Gasteiger partial charge in [0.1, 0.15) is 23.8 Å². The molecular weight excluding hydrogens is 505 g/mol. The van der Waals surface area contributed by atoms with E-state index in [2.05, 4.69) is 40.2 Å². The van der Waals surface area contributed by atoms with Gasteiger partial charge in [-0.2, -0.15) is 0 Å². The topological polar surface area (TPSA) is 90.7 Å². The van der Waals surface area contributed by atoms with Crippen molar-refractivity contribution in [3.05, 3.63) is 64.2 Å². The van der Waals surface area contributed by atoms with Gasteiger partial charge >= 0.3 is 5.97 Å². The summed E-state index contributed by atoms with van der Waals surface area (Å²) in [6.45, 7) is 6.44. The Hall–Kier alpha value is -3.26. The first-order valence-corrected chi connectivity index (χ1v) is 13.7. The Morgan fingerprint density at radius 2 is 2.03 bits per heavy atom. The number of hydrogen-bond acceptors (Lipinski definition) is 6. The molecule has 0 amide bonds. The zero-order valence-electron chi connectivity index (χ0n) is 21.8. The summed E-state index contributed by atoms with van der Waals surface area (Å²) in [6, 6.07) is 4.36. The van der Waals surface area contributed by atoms with Crippen LogP contribution in [-0.4, -0.2) is 44.9 Å². The smallest absolute Gasteiger partial charge is 0.335 e. The van der Waals surface area contributed by atoms with E-state index in [1.807, 2.05) is 0 Å². The van der Waals surface area contributed by atoms with E-state index in [9.17, 15) is 4.79 Å². The number of allylic oxidation sites excluding steroid dienone is 2. The molecule has 7 nitrogen and oxygen atoms in total. The molecule has 2 atom stereocenters.